The number of amides is 1. The van der Waals surface area contributed by atoms with E-state index in [-0.39, 0.29) is 17.9 Å². The van der Waals surface area contributed by atoms with Gasteiger partial charge in [-0.05, 0) is 47.3 Å². The van der Waals surface area contributed by atoms with Crippen LogP contribution in [0.5, 0.6) is 0 Å². The summed E-state index contributed by atoms with van der Waals surface area (Å²) in [5.74, 6) is 0.546. The van der Waals surface area contributed by atoms with Gasteiger partial charge in [0.1, 0.15) is 5.82 Å². The molecular weight excluding hydrogens is 306 g/mol. The van der Waals surface area contributed by atoms with Crippen LogP contribution in [-0.2, 0) is 4.79 Å². The molecule has 2 rings (SSSR count). The third-order valence-electron chi connectivity index (χ3n) is 3.69. The maximum Gasteiger partial charge on any atom is 0.230 e. The fraction of sp³-hybridized carbons (Fsp3) is 0.571. The molecule has 1 aliphatic carbocycles. The summed E-state index contributed by atoms with van der Waals surface area (Å²) in [5.41, 5.74) is 7.06. The smallest absolute Gasteiger partial charge is 0.230 e. The van der Waals surface area contributed by atoms with Gasteiger partial charge >= 0.3 is 0 Å². The molecule has 1 heterocycles. The van der Waals surface area contributed by atoms with Gasteiger partial charge in [0.15, 0.2) is 0 Å². The van der Waals surface area contributed by atoms with Crippen LogP contribution in [-0.4, -0.2) is 16.9 Å². The van der Waals surface area contributed by atoms with Crippen molar-refractivity contribution < 1.29 is 4.79 Å². The number of carbonyl (C=O) groups is 1. The summed E-state index contributed by atoms with van der Waals surface area (Å²) < 4.78 is 0.911. The van der Waals surface area contributed by atoms with Crippen molar-refractivity contribution in [2.45, 2.75) is 45.1 Å². The predicted octanol–water partition coefficient (Wildman–Crippen LogP) is 3.00. The molecule has 19 heavy (non-hydrogen) atoms. The van der Waals surface area contributed by atoms with Gasteiger partial charge in [-0.2, -0.15) is 0 Å². The second-order valence-corrected chi connectivity index (χ2v) is 6.13. The molecule has 2 atom stereocenters. The fourth-order valence-electron chi connectivity index (χ4n) is 2.54. The Morgan fingerprint density at radius 2 is 2.16 bits per heavy atom. The Bertz CT molecular complexity index is 464. The van der Waals surface area contributed by atoms with Gasteiger partial charge in [0.2, 0.25) is 5.91 Å². The zero-order chi connectivity index (χ0) is 13.8. The van der Waals surface area contributed by atoms with Crippen LogP contribution in [0.15, 0.2) is 16.7 Å². The van der Waals surface area contributed by atoms with Crippen LogP contribution < -0.4 is 11.1 Å². The predicted molar refractivity (Wildman–Crippen MR) is 79.9 cm³/mol. The number of aryl methyl sites for hydroxylation is 1. The van der Waals surface area contributed by atoms with E-state index in [2.05, 4.69) is 26.2 Å². The lowest BCUT2D eigenvalue weighted by atomic mass is 9.94. The average molecular weight is 326 g/mol. The molecule has 1 aromatic rings. The van der Waals surface area contributed by atoms with Gasteiger partial charge in [0.25, 0.3) is 0 Å². The first-order valence-electron chi connectivity index (χ1n) is 6.76. The number of aromatic nitrogens is 1. The second-order valence-electron chi connectivity index (χ2n) is 5.22. The minimum Gasteiger partial charge on any atom is -0.327 e. The standard InChI is InChI=1S/C14H20BrN3O/c1-9-7-10(15)8-17-13(9)18-14(19)11-5-3-2-4-6-12(11)16/h7-8,11-12H,2-6,16H2,1H3,(H,17,18,19). The Morgan fingerprint density at radius 1 is 1.42 bits per heavy atom. The molecule has 1 aromatic heterocycles. The van der Waals surface area contributed by atoms with Crippen LogP contribution in [0.1, 0.15) is 37.7 Å². The molecule has 5 heteroatoms. The summed E-state index contributed by atoms with van der Waals surface area (Å²) in [5, 5.41) is 2.91. The van der Waals surface area contributed by atoms with E-state index in [9.17, 15) is 4.79 Å². The number of nitrogens with one attached hydrogen (secondary N) is 1. The number of pyridine rings is 1. The Hall–Kier alpha value is -0.940. The molecular formula is C14H20BrN3O. The fourth-order valence-corrected chi connectivity index (χ4v) is 2.99. The van der Waals surface area contributed by atoms with E-state index in [1.165, 1.54) is 6.42 Å². The van der Waals surface area contributed by atoms with E-state index in [1.807, 2.05) is 13.0 Å². The maximum atomic E-state index is 12.3. The van der Waals surface area contributed by atoms with Crippen molar-refractivity contribution in [2.75, 3.05) is 5.32 Å². The van der Waals surface area contributed by atoms with Crippen molar-refractivity contribution >= 4 is 27.7 Å². The first-order chi connectivity index (χ1) is 9.08. The molecule has 0 saturated heterocycles. The quantitative estimate of drug-likeness (QED) is 0.821. The monoisotopic (exact) mass is 325 g/mol. The van der Waals surface area contributed by atoms with Gasteiger partial charge in [-0.25, -0.2) is 4.98 Å². The lowest BCUT2D eigenvalue weighted by Crippen LogP contribution is -2.38. The van der Waals surface area contributed by atoms with Gasteiger partial charge < -0.3 is 11.1 Å². The van der Waals surface area contributed by atoms with E-state index >= 15 is 0 Å². The van der Waals surface area contributed by atoms with Crippen molar-refractivity contribution in [3.8, 4) is 0 Å². The molecule has 4 nitrogen and oxygen atoms in total. The topological polar surface area (TPSA) is 68.0 Å². The molecule has 0 radical (unpaired) electrons. The van der Waals surface area contributed by atoms with Crippen molar-refractivity contribution in [3.63, 3.8) is 0 Å². The van der Waals surface area contributed by atoms with Gasteiger partial charge in [-0.15, -0.1) is 0 Å². The highest BCUT2D eigenvalue weighted by Gasteiger charge is 2.27. The van der Waals surface area contributed by atoms with Crippen molar-refractivity contribution in [3.05, 3.63) is 22.3 Å². The van der Waals surface area contributed by atoms with Crippen LogP contribution >= 0.6 is 15.9 Å². The number of anilines is 1. The maximum absolute atomic E-state index is 12.3. The number of halogens is 1. The molecule has 1 amide bonds. The summed E-state index contributed by atoms with van der Waals surface area (Å²) in [6.45, 7) is 1.93. The molecule has 1 aliphatic rings. The van der Waals surface area contributed by atoms with Gasteiger partial charge in [0.05, 0.1) is 5.92 Å². The highest BCUT2D eigenvalue weighted by Crippen LogP contribution is 2.24. The highest BCUT2D eigenvalue weighted by atomic mass is 79.9. The minimum absolute atomic E-state index is 0.00678. The zero-order valence-electron chi connectivity index (χ0n) is 11.2. The number of carbonyl (C=O) groups excluding carboxylic acids is 1. The van der Waals surface area contributed by atoms with E-state index in [0.29, 0.717) is 5.82 Å². The number of nitrogens with zero attached hydrogens (tertiary/aromatic N) is 1. The van der Waals surface area contributed by atoms with Crippen LogP contribution in [0, 0.1) is 12.8 Å². The Balaban J connectivity index is 2.07. The first-order valence-corrected chi connectivity index (χ1v) is 7.56. The van der Waals surface area contributed by atoms with E-state index < -0.39 is 0 Å². The number of nitrogens with two attached hydrogens (primary N) is 1. The third kappa shape index (κ3) is 3.76. The van der Waals surface area contributed by atoms with Crippen LogP contribution in [0.3, 0.4) is 0 Å². The zero-order valence-corrected chi connectivity index (χ0v) is 12.7. The summed E-state index contributed by atoms with van der Waals surface area (Å²) >= 11 is 3.36. The molecule has 0 aliphatic heterocycles. The van der Waals surface area contributed by atoms with E-state index in [0.717, 1.165) is 35.7 Å². The van der Waals surface area contributed by atoms with E-state index in [4.69, 9.17) is 5.73 Å². The summed E-state index contributed by atoms with van der Waals surface area (Å²) in [6, 6.07) is 1.91. The van der Waals surface area contributed by atoms with Gasteiger partial charge in [-0.1, -0.05) is 19.3 Å². The largest absolute Gasteiger partial charge is 0.327 e. The van der Waals surface area contributed by atoms with Crippen molar-refractivity contribution in [1.29, 1.82) is 0 Å². The summed E-state index contributed by atoms with van der Waals surface area (Å²) in [6.07, 6.45) is 6.88. The number of hydrogen-bond donors (Lipinski definition) is 2. The Morgan fingerprint density at radius 3 is 2.89 bits per heavy atom. The van der Waals surface area contributed by atoms with Crippen molar-refractivity contribution in [1.82, 2.24) is 4.98 Å². The summed E-state index contributed by atoms with van der Waals surface area (Å²) in [4.78, 5) is 16.6. The molecule has 0 bridgehead atoms. The molecule has 0 spiro atoms. The van der Waals surface area contributed by atoms with Crippen LogP contribution in [0.25, 0.3) is 0 Å². The minimum atomic E-state index is -0.0904. The Labute approximate surface area is 122 Å². The lowest BCUT2D eigenvalue weighted by Gasteiger charge is -2.20. The molecule has 104 valence electrons. The van der Waals surface area contributed by atoms with Gasteiger partial charge in [0, 0.05) is 16.7 Å². The molecule has 3 N–H and O–H groups in total. The second kappa shape index (κ2) is 6.48. The van der Waals surface area contributed by atoms with Crippen LogP contribution in [0.2, 0.25) is 0 Å². The SMILES string of the molecule is Cc1cc(Br)cnc1NC(=O)C1CCCCCC1N. The Kier molecular flexibility index (Phi) is 4.93. The van der Waals surface area contributed by atoms with Crippen molar-refractivity contribution in [2.24, 2.45) is 11.7 Å². The molecule has 0 aromatic carbocycles. The lowest BCUT2D eigenvalue weighted by molar-refractivity contribution is -0.120. The number of rotatable bonds is 2. The molecule has 2 unspecified atom stereocenters. The summed E-state index contributed by atoms with van der Waals surface area (Å²) in [7, 11) is 0. The normalized spacial score (nSPS) is 23.7. The van der Waals surface area contributed by atoms with Crippen LogP contribution in [0.4, 0.5) is 5.82 Å². The molecule has 1 saturated carbocycles. The van der Waals surface area contributed by atoms with Gasteiger partial charge in [-0.3, -0.25) is 4.79 Å². The van der Waals surface area contributed by atoms with E-state index in [1.54, 1.807) is 6.20 Å². The molecule has 1 fully saturated rings. The first kappa shape index (κ1) is 14.5. The third-order valence-corrected chi connectivity index (χ3v) is 4.13. The number of hydrogen-bond acceptors (Lipinski definition) is 3. The average Bonchev–Trinajstić information content (AvgIpc) is 2.57. The highest BCUT2D eigenvalue weighted by molar-refractivity contribution is 9.10.